The van der Waals surface area contributed by atoms with Gasteiger partial charge in [0.1, 0.15) is 12.1 Å². The summed E-state index contributed by atoms with van der Waals surface area (Å²) < 4.78 is 5.59. The van der Waals surface area contributed by atoms with E-state index in [1.165, 1.54) is 6.33 Å². The van der Waals surface area contributed by atoms with Gasteiger partial charge in [0, 0.05) is 6.54 Å². The molecule has 1 heterocycles. The molecule has 0 spiro atoms. The van der Waals surface area contributed by atoms with E-state index in [9.17, 15) is 0 Å². The molecule has 0 aromatic carbocycles. The van der Waals surface area contributed by atoms with E-state index in [-0.39, 0.29) is 0 Å². The van der Waals surface area contributed by atoms with Gasteiger partial charge in [-0.2, -0.15) is 0 Å². The number of ether oxygens (including phenoxy) is 1. The Balaban J connectivity index is 2.81. The maximum absolute atomic E-state index is 5.59. The molecule has 16 heavy (non-hydrogen) atoms. The third kappa shape index (κ3) is 3.22. The Hall–Kier alpha value is -1.58. The van der Waals surface area contributed by atoms with Crippen molar-refractivity contribution in [3.63, 3.8) is 0 Å². The molecular weight excluding hydrogens is 202 g/mol. The van der Waals surface area contributed by atoms with E-state index in [4.69, 9.17) is 4.74 Å². The Bertz CT molecular complexity index is 339. The molecule has 0 aliphatic carbocycles. The monoisotopic (exact) mass is 221 g/mol. The highest BCUT2D eigenvalue weighted by Gasteiger charge is 2.09. The van der Waals surface area contributed by atoms with Crippen molar-refractivity contribution in [3.05, 3.63) is 24.5 Å². The van der Waals surface area contributed by atoms with E-state index in [1.54, 1.807) is 0 Å². The van der Waals surface area contributed by atoms with Gasteiger partial charge in [0.15, 0.2) is 0 Å². The minimum atomic E-state index is 0.610. The zero-order chi connectivity index (χ0) is 11.8. The smallest absolute Gasteiger partial charge is 0.221 e. The van der Waals surface area contributed by atoms with Crippen LogP contribution in [-0.4, -0.2) is 23.1 Å². The summed E-state index contributed by atoms with van der Waals surface area (Å²) in [6.45, 7) is 9.22. The summed E-state index contributed by atoms with van der Waals surface area (Å²) in [5.74, 6) is 1.55. The second-order valence-electron chi connectivity index (χ2n) is 3.32. The third-order valence-corrected chi connectivity index (χ3v) is 2.16. The predicted octanol–water partition coefficient (Wildman–Crippen LogP) is 2.43. The van der Waals surface area contributed by atoms with Gasteiger partial charge in [-0.15, -0.1) is 6.58 Å². The second kappa shape index (κ2) is 6.82. The van der Waals surface area contributed by atoms with Gasteiger partial charge in [0.2, 0.25) is 5.88 Å². The van der Waals surface area contributed by atoms with Gasteiger partial charge in [-0.05, 0) is 19.8 Å². The predicted molar refractivity (Wildman–Crippen MR) is 65.9 cm³/mol. The number of nitrogens with zero attached hydrogens (tertiary/aromatic N) is 2. The van der Waals surface area contributed by atoms with Gasteiger partial charge in [-0.1, -0.05) is 13.0 Å². The number of hydrogen-bond donors (Lipinski definition) is 1. The number of aromatic nitrogens is 2. The Morgan fingerprint density at radius 2 is 2.25 bits per heavy atom. The molecule has 0 aliphatic rings. The lowest BCUT2D eigenvalue weighted by Gasteiger charge is -2.12. The molecule has 0 fully saturated rings. The highest BCUT2D eigenvalue weighted by molar-refractivity contribution is 5.48. The molecule has 0 saturated heterocycles. The molecule has 0 radical (unpaired) electrons. The summed E-state index contributed by atoms with van der Waals surface area (Å²) >= 11 is 0. The molecule has 88 valence electrons. The van der Waals surface area contributed by atoms with Crippen LogP contribution >= 0.6 is 0 Å². The largest absolute Gasteiger partial charge is 0.477 e. The van der Waals surface area contributed by atoms with E-state index in [0.29, 0.717) is 12.5 Å². The van der Waals surface area contributed by atoms with Crippen LogP contribution in [0.15, 0.2) is 19.0 Å². The van der Waals surface area contributed by atoms with Crippen LogP contribution in [0.1, 0.15) is 25.8 Å². The van der Waals surface area contributed by atoms with Crippen molar-refractivity contribution in [2.24, 2.45) is 0 Å². The van der Waals surface area contributed by atoms with Crippen LogP contribution in [0.25, 0.3) is 0 Å². The lowest BCUT2D eigenvalue weighted by Crippen LogP contribution is -2.07. The summed E-state index contributed by atoms with van der Waals surface area (Å²) in [5.41, 5.74) is 1.04. The molecule has 0 saturated carbocycles. The highest BCUT2D eigenvalue weighted by Crippen LogP contribution is 2.22. The van der Waals surface area contributed by atoms with Crippen molar-refractivity contribution in [1.82, 2.24) is 9.97 Å². The van der Waals surface area contributed by atoms with Crippen molar-refractivity contribution in [3.8, 4) is 5.88 Å². The lowest BCUT2D eigenvalue weighted by molar-refractivity contribution is 0.308. The molecule has 0 amide bonds. The van der Waals surface area contributed by atoms with Crippen LogP contribution in [0.2, 0.25) is 0 Å². The topological polar surface area (TPSA) is 47.0 Å². The molecule has 4 heteroatoms. The Kier molecular flexibility index (Phi) is 5.32. The summed E-state index contributed by atoms with van der Waals surface area (Å²) in [6.07, 6.45) is 5.04. The van der Waals surface area contributed by atoms with Gasteiger partial charge in [-0.25, -0.2) is 9.97 Å². The first kappa shape index (κ1) is 12.5. The van der Waals surface area contributed by atoms with Crippen molar-refractivity contribution in [1.29, 1.82) is 0 Å². The van der Waals surface area contributed by atoms with Crippen LogP contribution in [0, 0.1) is 0 Å². The number of rotatable bonds is 7. The van der Waals surface area contributed by atoms with Gasteiger partial charge >= 0.3 is 0 Å². The minimum Gasteiger partial charge on any atom is -0.477 e. The van der Waals surface area contributed by atoms with E-state index in [0.717, 1.165) is 30.8 Å². The van der Waals surface area contributed by atoms with Crippen LogP contribution in [0.3, 0.4) is 0 Å². The molecule has 1 aromatic rings. The van der Waals surface area contributed by atoms with Crippen molar-refractivity contribution < 1.29 is 4.74 Å². The Morgan fingerprint density at radius 1 is 1.44 bits per heavy atom. The van der Waals surface area contributed by atoms with Gasteiger partial charge in [0.05, 0.1) is 12.2 Å². The first-order valence-electron chi connectivity index (χ1n) is 5.64. The molecule has 0 aliphatic heterocycles. The van der Waals surface area contributed by atoms with E-state index < -0.39 is 0 Å². The lowest BCUT2D eigenvalue weighted by atomic mass is 10.2. The molecule has 1 rings (SSSR count). The zero-order valence-electron chi connectivity index (χ0n) is 9.99. The van der Waals surface area contributed by atoms with Gasteiger partial charge in [0.25, 0.3) is 0 Å². The maximum Gasteiger partial charge on any atom is 0.221 e. The first-order chi connectivity index (χ1) is 7.83. The van der Waals surface area contributed by atoms with E-state index in [2.05, 4.69) is 28.8 Å². The van der Waals surface area contributed by atoms with Crippen molar-refractivity contribution in [2.75, 3.05) is 18.5 Å². The van der Waals surface area contributed by atoms with Crippen molar-refractivity contribution in [2.45, 2.75) is 26.7 Å². The summed E-state index contributed by atoms with van der Waals surface area (Å²) in [7, 11) is 0. The summed E-state index contributed by atoms with van der Waals surface area (Å²) in [4.78, 5) is 8.36. The average molecular weight is 221 g/mol. The first-order valence-corrected chi connectivity index (χ1v) is 5.64. The number of nitrogens with one attached hydrogen (secondary N) is 1. The van der Waals surface area contributed by atoms with Gasteiger partial charge in [-0.3, -0.25) is 0 Å². The van der Waals surface area contributed by atoms with Crippen LogP contribution in [-0.2, 0) is 6.42 Å². The van der Waals surface area contributed by atoms with Gasteiger partial charge < -0.3 is 10.1 Å². The number of anilines is 1. The average Bonchev–Trinajstić information content (AvgIpc) is 2.30. The number of hydrogen-bond acceptors (Lipinski definition) is 4. The third-order valence-electron chi connectivity index (χ3n) is 2.16. The fourth-order valence-electron chi connectivity index (χ4n) is 1.40. The summed E-state index contributed by atoms with van der Waals surface area (Å²) in [5, 5.41) is 3.21. The quantitative estimate of drug-likeness (QED) is 0.567. The zero-order valence-corrected chi connectivity index (χ0v) is 9.99. The van der Waals surface area contributed by atoms with E-state index >= 15 is 0 Å². The molecule has 4 nitrogen and oxygen atoms in total. The normalized spacial score (nSPS) is 9.88. The highest BCUT2D eigenvalue weighted by atomic mass is 16.5. The minimum absolute atomic E-state index is 0.610. The van der Waals surface area contributed by atoms with Crippen LogP contribution < -0.4 is 10.1 Å². The molecule has 1 aromatic heterocycles. The molecule has 0 unspecified atom stereocenters. The van der Waals surface area contributed by atoms with Crippen LogP contribution in [0.4, 0.5) is 5.82 Å². The SMILES string of the molecule is C=CCCOc1ncnc(NCC)c1CC. The fourth-order valence-corrected chi connectivity index (χ4v) is 1.40. The maximum atomic E-state index is 5.59. The van der Waals surface area contributed by atoms with E-state index in [1.807, 2.05) is 13.0 Å². The molecule has 0 atom stereocenters. The van der Waals surface area contributed by atoms with Crippen LogP contribution in [0.5, 0.6) is 5.88 Å². The standard InChI is InChI=1S/C12H19N3O/c1-4-7-8-16-12-10(5-2)11(13-6-3)14-9-15-12/h4,9H,1,5-8H2,2-3H3,(H,13,14,15). The van der Waals surface area contributed by atoms with Crippen molar-refractivity contribution >= 4 is 5.82 Å². The summed E-state index contributed by atoms with van der Waals surface area (Å²) in [6, 6.07) is 0. The Labute approximate surface area is 96.8 Å². The molecule has 1 N–H and O–H groups in total. The molecular formula is C12H19N3O. The molecule has 0 bridgehead atoms. The second-order valence-corrected chi connectivity index (χ2v) is 3.32. The fraction of sp³-hybridized carbons (Fsp3) is 0.500. The Morgan fingerprint density at radius 3 is 2.88 bits per heavy atom.